The van der Waals surface area contributed by atoms with Crippen LogP contribution in [-0.2, 0) is 16.1 Å². The molecule has 1 amide bonds. The van der Waals surface area contributed by atoms with E-state index in [4.69, 9.17) is 10.5 Å². The molecule has 0 spiro atoms. The molecule has 1 aliphatic rings. The van der Waals surface area contributed by atoms with Crippen LogP contribution in [0.4, 0.5) is 4.39 Å². The summed E-state index contributed by atoms with van der Waals surface area (Å²) < 4.78 is 19.8. The third kappa shape index (κ3) is 3.32. The van der Waals surface area contributed by atoms with Crippen LogP contribution in [0.15, 0.2) is 22.7 Å². The monoisotopic (exact) mass is 330 g/mol. The maximum Gasteiger partial charge on any atom is 0.234 e. The minimum absolute atomic E-state index is 0.0345. The van der Waals surface area contributed by atoms with Crippen LogP contribution in [0.3, 0.4) is 0 Å². The lowest BCUT2D eigenvalue weighted by atomic mass is 10.1. The minimum atomic E-state index is -0.400. The standard InChI is InChI=1S/C13H16BrFN2O2/c1-19-10-5-12(13(16)18)17(7-10)6-8-4-9(14)2-3-11(8)15/h2-4,10,12H,5-7H2,1H3,(H2,16,18)/t10-,12-/m0/s1. The molecule has 1 fully saturated rings. The normalized spacial score (nSPS) is 23.7. The number of hydrogen-bond acceptors (Lipinski definition) is 3. The van der Waals surface area contributed by atoms with E-state index in [1.165, 1.54) is 6.07 Å². The molecule has 0 aliphatic carbocycles. The Labute approximate surface area is 119 Å². The average molecular weight is 331 g/mol. The number of nitrogens with zero attached hydrogens (tertiary/aromatic N) is 1. The first kappa shape index (κ1) is 14.4. The second-order valence-electron chi connectivity index (χ2n) is 4.68. The summed E-state index contributed by atoms with van der Waals surface area (Å²) in [7, 11) is 1.60. The van der Waals surface area contributed by atoms with Gasteiger partial charge in [-0.3, -0.25) is 9.69 Å². The molecule has 1 saturated heterocycles. The van der Waals surface area contributed by atoms with Gasteiger partial charge in [0.2, 0.25) is 5.91 Å². The number of halogens is 2. The van der Waals surface area contributed by atoms with Crippen LogP contribution in [0.25, 0.3) is 0 Å². The summed E-state index contributed by atoms with van der Waals surface area (Å²) in [6.45, 7) is 0.925. The molecule has 2 N–H and O–H groups in total. The fourth-order valence-corrected chi connectivity index (χ4v) is 2.79. The lowest BCUT2D eigenvalue weighted by molar-refractivity contribution is -0.122. The first-order valence-electron chi connectivity index (χ1n) is 6.01. The molecule has 2 atom stereocenters. The van der Waals surface area contributed by atoms with Gasteiger partial charge < -0.3 is 10.5 Å². The van der Waals surface area contributed by atoms with Crippen molar-refractivity contribution >= 4 is 21.8 Å². The third-order valence-electron chi connectivity index (χ3n) is 3.41. The number of primary amides is 1. The SMILES string of the molecule is CO[C@H]1C[C@@H](C(N)=O)N(Cc2cc(Br)ccc2F)C1. The third-order valence-corrected chi connectivity index (χ3v) is 3.90. The first-order valence-corrected chi connectivity index (χ1v) is 6.80. The number of carbonyl (C=O) groups is 1. The molecular formula is C13H16BrFN2O2. The van der Waals surface area contributed by atoms with Gasteiger partial charge in [-0.2, -0.15) is 0 Å². The topological polar surface area (TPSA) is 55.6 Å². The van der Waals surface area contributed by atoms with Gasteiger partial charge in [-0.05, 0) is 24.6 Å². The van der Waals surface area contributed by atoms with Gasteiger partial charge in [0.05, 0.1) is 12.1 Å². The van der Waals surface area contributed by atoms with Crippen LogP contribution in [0.1, 0.15) is 12.0 Å². The minimum Gasteiger partial charge on any atom is -0.380 e. The second kappa shape index (κ2) is 5.98. The molecule has 4 nitrogen and oxygen atoms in total. The van der Waals surface area contributed by atoms with Gasteiger partial charge in [-0.1, -0.05) is 15.9 Å². The molecule has 1 aromatic rings. The van der Waals surface area contributed by atoms with E-state index in [2.05, 4.69) is 15.9 Å². The molecule has 0 aromatic heterocycles. The molecule has 6 heteroatoms. The van der Waals surface area contributed by atoms with Gasteiger partial charge in [0.15, 0.2) is 0 Å². The Morgan fingerprint density at radius 3 is 3.00 bits per heavy atom. The van der Waals surface area contributed by atoms with Crippen LogP contribution in [-0.4, -0.2) is 36.6 Å². The Bertz CT molecular complexity index is 484. The smallest absolute Gasteiger partial charge is 0.234 e. The maximum absolute atomic E-state index is 13.7. The summed E-state index contributed by atoms with van der Waals surface area (Å²) in [5.41, 5.74) is 5.93. The number of likely N-dealkylation sites (tertiary alicyclic amines) is 1. The van der Waals surface area contributed by atoms with E-state index in [1.54, 1.807) is 19.2 Å². The highest BCUT2D eigenvalue weighted by Gasteiger charge is 2.35. The summed E-state index contributed by atoms with van der Waals surface area (Å²) >= 11 is 3.31. The van der Waals surface area contributed by atoms with Crippen LogP contribution in [0, 0.1) is 5.82 Å². The van der Waals surface area contributed by atoms with E-state index in [0.717, 1.165) is 4.47 Å². The predicted octanol–water partition coefficient (Wildman–Crippen LogP) is 1.66. The van der Waals surface area contributed by atoms with Crippen LogP contribution in [0.5, 0.6) is 0 Å². The summed E-state index contributed by atoms with van der Waals surface area (Å²) in [5, 5.41) is 0. The molecule has 0 bridgehead atoms. The largest absolute Gasteiger partial charge is 0.380 e. The van der Waals surface area contributed by atoms with E-state index >= 15 is 0 Å². The highest BCUT2D eigenvalue weighted by atomic mass is 79.9. The molecule has 0 radical (unpaired) electrons. The van der Waals surface area contributed by atoms with Crippen molar-refractivity contribution in [2.24, 2.45) is 5.73 Å². The molecule has 19 heavy (non-hydrogen) atoms. The molecule has 1 aromatic carbocycles. The van der Waals surface area contributed by atoms with Crippen molar-refractivity contribution < 1.29 is 13.9 Å². The van der Waals surface area contributed by atoms with E-state index in [1.807, 2.05) is 4.90 Å². The number of amides is 1. The Hall–Kier alpha value is -0.980. The predicted molar refractivity (Wildman–Crippen MR) is 72.9 cm³/mol. The number of benzene rings is 1. The summed E-state index contributed by atoms with van der Waals surface area (Å²) in [6, 6.07) is 4.37. The van der Waals surface area contributed by atoms with Crippen LogP contribution < -0.4 is 5.73 Å². The lowest BCUT2D eigenvalue weighted by Gasteiger charge is -2.21. The van der Waals surface area contributed by atoms with E-state index in [0.29, 0.717) is 25.1 Å². The van der Waals surface area contributed by atoms with E-state index in [-0.39, 0.29) is 11.9 Å². The van der Waals surface area contributed by atoms with Gasteiger partial charge in [0.25, 0.3) is 0 Å². The van der Waals surface area contributed by atoms with Gasteiger partial charge in [-0.15, -0.1) is 0 Å². The summed E-state index contributed by atoms with van der Waals surface area (Å²) in [4.78, 5) is 13.3. The molecule has 0 unspecified atom stereocenters. The van der Waals surface area contributed by atoms with Crippen molar-refractivity contribution in [1.82, 2.24) is 4.90 Å². The number of nitrogens with two attached hydrogens (primary N) is 1. The van der Waals surface area contributed by atoms with Crippen molar-refractivity contribution in [2.45, 2.75) is 25.1 Å². The zero-order valence-corrected chi connectivity index (χ0v) is 12.2. The molecule has 1 aliphatic heterocycles. The molecule has 104 valence electrons. The van der Waals surface area contributed by atoms with Crippen molar-refractivity contribution in [3.63, 3.8) is 0 Å². The quantitative estimate of drug-likeness (QED) is 0.913. The van der Waals surface area contributed by atoms with Gasteiger partial charge in [0.1, 0.15) is 5.82 Å². The van der Waals surface area contributed by atoms with Crippen LogP contribution in [0.2, 0.25) is 0 Å². The molecule has 2 rings (SSSR count). The summed E-state index contributed by atoms with van der Waals surface area (Å²) in [6.07, 6.45) is 0.522. The Morgan fingerprint density at radius 2 is 2.37 bits per heavy atom. The zero-order chi connectivity index (χ0) is 14.0. The van der Waals surface area contributed by atoms with Crippen molar-refractivity contribution in [1.29, 1.82) is 0 Å². The van der Waals surface area contributed by atoms with Crippen LogP contribution >= 0.6 is 15.9 Å². The Balaban J connectivity index is 2.16. The van der Waals surface area contributed by atoms with E-state index < -0.39 is 11.9 Å². The maximum atomic E-state index is 13.7. The molecular weight excluding hydrogens is 315 g/mol. The van der Waals surface area contributed by atoms with E-state index in [9.17, 15) is 9.18 Å². The Kier molecular flexibility index (Phi) is 4.54. The number of rotatable bonds is 4. The zero-order valence-electron chi connectivity index (χ0n) is 10.6. The number of ether oxygens (including phenoxy) is 1. The number of hydrogen-bond donors (Lipinski definition) is 1. The summed E-state index contributed by atoms with van der Waals surface area (Å²) in [5.74, 6) is -0.678. The van der Waals surface area contributed by atoms with Crippen molar-refractivity contribution in [2.75, 3.05) is 13.7 Å². The van der Waals surface area contributed by atoms with Gasteiger partial charge in [-0.25, -0.2) is 4.39 Å². The van der Waals surface area contributed by atoms with Crippen molar-refractivity contribution in [3.8, 4) is 0 Å². The number of carbonyl (C=O) groups excluding carboxylic acids is 1. The van der Waals surface area contributed by atoms with Gasteiger partial charge in [0, 0.05) is 30.2 Å². The van der Waals surface area contributed by atoms with Crippen molar-refractivity contribution in [3.05, 3.63) is 34.1 Å². The second-order valence-corrected chi connectivity index (χ2v) is 5.59. The fourth-order valence-electron chi connectivity index (χ4n) is 2.39. The highest BCUT2D eigenvalue weighted by molar-refractivity contribution is 9.10. The fraction of sp³-hybridized carbons (Fsp3) is 0.462. The molecule has 0 saturated carbocycles. The molecule has 1 heterocycles. The lowest BCUT2D eigenvalue weighted by Crippen LogP contribution is -2.39. The number of methoxy groups -OCH3 is 1. The first-order chi connectivity index (χ1) is 9.01. The Morgan fingerprint density at radius 1 is 1.63 bits per heavy atom. The average Bonchev–Trinajstić information content (AvgIpc) is 2.77. The highest BCUT2D eigenvalue weighted by Crippen LogP contribution is 2.24. The van der Waals surface area contributed by atoms with Gasteiger partial charge >= 0.3 is 0 Å².